The highest BCUT2D eigenvalue weighted by Gasteiger charge is 2.10. The number of rotatable bonds is 9. The Morgan fingerprint density at radius 3 is 2.47 bits per heavy atom. The number of hydrogen-bond donors (Lipinski definition) is 2. The largest absolute Gasteiger partial charge is 0.496 e. The van der Waals surface area contributed by atoms with Gasteiger partial charge >= 0.3 is 0 Å². The highest BCUT2D eigenvalue weighted by atomic mass is 16.5. The third kappa shape index (κ3) is 4.73. The Bertz CT molecular complexity index is 381. The smallest absolute Gasteiger partial charge is 0.128 e. The van der Waals surface area contributed by atoms with E-state index in [0.29, 0.717) is 0 Å². The topological polar surface area (TPSA) is 42.5 Å². The van der Waals surface area contributed by atoms with Crippen LogP contribution < -0.4 is 20.1 Å². The molecule has 2 N–H and O–H groups in total. The first kappa shape index (κ1) is 15.8. The quantitative estimate of drug-likeness (QED) is 0.668. The van der Waals surface area contributed by atoms with Gasteiger partial charge in [0, 0.05) is 5.56 Å². The Kier molecular flexibility index (Phi) is 7.30. The Hall–Kier alpha value is -1.26. The average Bonchev–Trinajstić information content (AvgIpc) is 2.43. The highest BCUT2D eigenvalue weighted by molar-refractivity contribution is 5.49. The Morgan fingerprint density at radius 1 is 1.05 bits per heavy atom. The molecular formula is C15H26N2O2. The van der Waals surface area contributed by atoms with Gasteiger partial charge in [-0.2, -0.15) is 0 Å². The summed E-state index contributed by atoms with van der Waals surface area (Å²) in [6.45, 7) is 5.09. The average molecular weight is 266 g/mol. The molecule has 108 valence electrons. The van der Waals surface area contributed by atoms with Crippen molar-refractivity contribution in [3.05, 3.63) is 23.3 Å². The Morgan fingerprint density at radius 2 is 1.84 bits per heavy atom. The summed E-state index contributed by atoms with van der Waals surface area (Å²) < 4.78 is 10.8. The van der Waals surface area contributed by atoms with Crippen molar-refractivity contribution in [2.45, 2.75) is 19.8 Å². The van der Waals surface area contributed by atoms with Crippen LogP contribution in [0.4, 0.5) is 0 Å². The number of methoxy groups -OCH3 is 2. The molecule has 4 heteroatoms. The normalized spacial score (nSPS) is 10.5. The van der Waals surface area contributed by atoms with Crippen LogP contribution in [0.15, 0.2) is 12.1 Å². The first-order chi connectivity index (χ1) is 9.24. The minimum atomic E-state index is 0.877. The van der Waals surface area contributed by atoms with Crippen molar-refractivity contribution in [1.29, 1.82) is 0 Å². The van der Waals surface area contributed by atoms with Crippen LogP contribution in [0.5, 0.6) is 11.5 Å². The first-order valence-corrected chi connectivity index (χ1v) is 6.80. The summed E-state index contributed by atoms with van der Waals surface area (Å²) in [5, 5.41) is 6.58. The van der Waals surface area contributed by atoms with E-state index in [-0.39, 0.29) is 0 Å². The molecule has 1 rings (SSSR count). The third-order valence-corrected chi connectivity index (χ3v) is 3.21. The van der Waals surface area contributed by atoms with Gasteiger partial charge in [-0.05, 0) is 58.1 Å². The second-order valence-electron chi connectivity index (χ2n) is 4.54. The minimum Gasteiger partial charge on any atom is -0.496 e. The SMILES string of the molecule is CNCCCNCCc1ccc(OC)c(C)c1OC. The van der Waals surface area contributed by atoms with E-state index in [1.165, 1.54) is 5.56 Å². The molecule has 19 heavy (non-hydrogen) atoms. The van der Waals surface area contributed by atoms with E-state index in [1.807, 2.05) is 20.0 Å². The molecule has 0 atom stereocenters. The summed E-state index contributed by atoms with van der Waals surface area (Å²) in [7, 11) is 5.38. The van der Waals surface area contributed by atoms with E-state index in [9.17, 15) is 0 Å². The first-order valence-electron chi connectivity index (χ1n) is 6.80. The molecule has 0 saturated heterocycles. The second-order valence-corrected chi connectivity index (χ2v) is 4.54. The van der Waals surface area contributed by atoms with Gasteiger partial charge in [-0.1, -0.05) is 6.07 Å². The molecule has 0 amide bonds. The van der Waals surface area contributed by atoms with Crippen LogP contribution in [0.25, 0.3) is 0 Å². The van der Waals surface area contributed by atoms with Crippen LogP contribution in [0.1, 0.15) is 17.5 Å². The fraction of sp³-hybridized carbons (Fsp3) is 0.600. The van der Waals surface area contributed by atoms with Crippen molar-refractivity contribution >= 4 is 0 Å². The molecule has 0 aromatic heterocycles. The molecule has 0 aliphatic rings. The van der Waals surface area contributed by atoms with Crippen LogP contribution >= 0.6 is 0 Å². The lowest BCUT2D eigenvalue weighted by Crippen LogP contribution is -2.22. The number of benzene rings is 1. The summed E-state index contributed by atoms with van der Waals surface area (Å²) in [6, 6.07) is 4.09. The molecule has 0 spiro atoms. The molecule has 0 saturated carbocycles. The van der Waals surface area contributed by atoms with Gasteiger partial charge in [0.15, 0.2) is 0 Å². The Labute approximate surface area is 116 Å². The molecule has 0 unspecified atom stereocenters. The van der Waals surface area contributed by atoms with Gasteiger partial charge in [0.1, 0.15) is 11.5 Å². The van der Waals surface area contributed by atoms with E-state index in [1.54, 1.807) is 14.2 Å². The van der Waals surface area contributed by atoms with Gasteiger partial charge in [-0.15, -0.1) is 0 Å². The number of ether oxygens (including phenoxy) is 2. The summed E-state index contributed by atoms with van der Waals surface area (Å²) in [4.78, 5) is 0. The molecule has 0 bridgehead atoms. The van der Waals surface area contributed by atoms with Gasteiger partial charge in [0.2, 0.25) is 0 Å². The molecule has 0 aliphatic heterocycles. The van der Waals surface area contributed by atoms with Gasteiger partial charge in [0.05, 0.1) is 14.2 Å². The summed E-state index contributed by atoms with van der Waals surface area (Å²) in [6.07, 6.45) is 2.11. The molecule has 1 aromatic carbocycles. The van der Waals surface area contributed by atoms with Gasteiger partial charge in [-0.25, -0.2) is 0 Å². The molecule has 4 nitrogen and oxygen atoms in total. The Balaban J connectivity index is 2.51. The van der Waals surface area contributed by atoms with Crippen molar-refractivity contribution in [3.63, 3.8) is 0 Å². The summed E-state index contributed by atoms with van der Waals surface area (Å²) in [5.74, 6) is 1.82. The standard InChI is InChI=1S/C15H26N2O2/c1-12-14(18-3)7-6-13(15(12)19-4)8-11-17-10-5-9-16-2/h6-7,16-17H,5,8-11H2,1-4H3. The van der Waals surface area contributed by atoms with Crippen molar-refractivity contribution in [1.82, 2.24) is 10.6 Å². The van der Waals surface area contributed by atoms with Crippen LogP contribution in [0.3, 0.4) is 0 Å². The molecule has 1 aromatic rings. The predicted molar refractivity (Wildman–Crippen MR) is 79.4 cm³/mol. The lowest BCUT2D eigenvalue weighted by atomic mass is 10.1. The summed E-state index contributed by atoms with van der Waals surface area (Å²) >= 11 is 0. The van der Waals surface area contributed by atoms with E-state index in [4.69, 9.17) is 9.47 Å². The van der Waals surface area contributed by atoms with Crippen molar-refractivity contribution in [2.24, 2.45) is 0 Å². The van der Waals surface area contributed by atoms with E-state index < -0.39 is 0 Å². The number of nitrogens with one attached hydrogen (secondary N) is 2. The zero-order chi connectivity index (χ0) is 14.1. The third-order valence-electron chi connectivity index (χ3n) is 3.21. The van der Waals surface area contributed by atoms with E-state index >= 15 is 0 Å². The predicted octanol–water partition coefficient (Wildman–Crippen LogP) is 1.75. The molecule has 0 heterocycles. The maximum Gasteiger partial charge on any atom is 0.128 e. The second kappa shape index (κ2) is 8.77. The fourth-order valence-electron chi connectivity index (χ4n) is 2.17. The van der Waals surface area contributed by atoms with Crippen molar-refractivity contribution in [3.8, 4) is 11.5 Å². The van der Waals surface area contributed by atoms with Crippen molar-refractivity contribution < 1.29 is 9.47 Å². The van der Waals surface area contributed by atoms with Crippen LogP contribution in [0.2, 0.25) is 0 Å². The zero-order valence-electron chi connectivity index (χ0n) is 12.5. The molecular weight excluding hydrogens is 240 g/mol. The fourth-order valence-corrected chi connectivity index (χ4v) is 2.17. The van der Waals surface area contributed by atoms with Gasteiger partial charge in [-0.3, -0.25) is 0 Å². The lowest BCUT2D eigenvalue weighted by molar-refractivity contribution is 0.385. The molecule has 0 radical (unpaired) electrons. The van der Waals surface area contributed by atoms with Gasteiger partial charge in [0.25, 0.3) is 0 Å². The molecule has 0 aliphatic carbocycles. The highest BCUT2D eigenvalue weighted by Crippen LogP contribution is 2.31. The van der Waals surface area contributed by atoms with Crippen LogP contribution in [-0.2, 0) is 6.42 Å². The lowest BCUT2D eigenvalue weighted by Gasteiger charge is -2.14. The maximum atomic E-state index is 5.50. The molecule has 0 fully saturated rings. The summed E-state index contributed by atoms with van der Waals surface area (Å²) in [5.41, 5.74) is 2.29. The van der Waals surface area contributed by atoms with E-state index in [0.717, 1.165) is 49.5 Å². The minimum absolute atomic E-state index is 0.877. The zero-order valence-corrected chi connectivity index (χ0v) is 12.5. The monoisotopic (exact) mass is 266 g/mol. The maximum absolute atomic E-state index is 5.50. The van der Waals surface area contributed by atoms with Crippen LogP contribution in [-0.4, -0.2) is 40.9 Å². The van der Waals surface area contributed by atoms with Crippen molar-refractivity contribution in [2.75, 3.05) is 40.9 Å². The van der Waals surface area contributed by atoms with Crippen LogP contribution in [0, 0.1) is 6.92 Å². The number of hydrogen-bond acceptors (Lipinski definition) is 4. The van der Waals surface area contributed by atoms with Gasteiger partial charge < -0.3 is 20.1 Å². The van der Waals surface area contributed by atoms with E-state index in [2.05, 4.69) is 16.7 Å².